The van der Waals surface area contributed by atoms with E-state index in [4.69, 9.17) is 10.2 Å². The van der Waals surface area contributed by atoms with Gasteiger partial charge in [-0.3, -0.25) is 15.0 Å². The van der Waals surface area contributed by atoms with E-state index in [0.29, 0.717) is 30.0 Å². The molecule has 2 bridgehead atoms. The third-order valence-corrected chi connectivity index (χ3v) is 7.67. The van der Waals surface area contributed by atoms with Gasteiger partial charge in [0.1, 0.15) is 11.6 Å². The first-order valence-corrected chi connectivity index (χ1v) is 12.1. The third kappa shape index (κ3) is 4.02. The van der Waals surface area contributed by atoms with E-state index in [0.717, 1.165) is 59.7 Å². The molecule has 33 heavy (non-hydrogen) atoms. The Morgan fingerprint density at radius 3 is 2.70 bits per heavy atom. The fraction of sp³-hybridized carbons (Fsp3) is 0.520. The average Bonchev–Trinajstić information content (AvgIpc) is 3.29. The van der Waals surface area contributed by atoms with Crippen molar-refractivity contribution in [2.45, 2.75) is 63.6 Å². The summed E-state index contributed by atoms with van der Waals surface area (Å²) in [7, 11) is 0. The molecular weight excluding hydrogens is 412 g/mol. The van der Waals surface area contributed by atoms with Gasteiger partial charge in [-0.05, 0) is 63.5 Å². The standard InChI is InChI=1S/C25H30N8/c1-15-7-24(32-31-15)29-23-12-22-21(3-2-6-27-22)25(30-23)28-18-10-19-4-5-20(11-18)33(19)14-17-8-16(9-17)13-26/h2-3,6-7,12,16-20H,4-5,8-11,14H2,1H3,(H3,28,29,30,31,32). The Morgan fingerprint density at radius 2 is 1.97 bits per heavy atom. The van der Waals surface area contributed by atoms with Crippen LogP contribution in [0.25, 0.3) is 10.9 Å². The monoisotopic (exact) mass is 442 g/mol. The molecule has 8 nitrogen and oxygen atoms in total. The van der Waals surface area contributed by atoms with Gasteiger partial charge in [0.25, 0.3) is 0 Å². The van der Waals surface area contributed by atoms with Crippen LogP contribution in [0.2, 0.25) is 0 Å². The Hall–Kier alpha value is -3.18. The predicted octanol–water partition coefficient (Wildman–Crippen LogP) is 4.36. The van der Waals surface area contributed by atoms with Crippen molar-refractivity contribution in [1.29, 1.82) is 5.26 Å². The maximum atomic E-state index is 9.09. The molecule has 1 saturated carbocycles. The Labute approximate surface area is 193 Å². The number of nitrogens with zero attached hydrogens (tertiary/aromatic N) is 5. The lowest BCUT2D eigenvalue weighted by atomic mass is 9.75. The Morgan fingerprint density at radius 1 is 1.15 bits per heavy atom. The maximum absolute atomic E-state index is 9.09. The zero-order valence-electron chi connectivity index (χ0n) is 19.0. The van der Waals surface area contributed by atoms with Crippen molar-refractivity contribution in [1.82, 2.24) is 25.1 Å². The predicted molar refractivity (Wildman–Crippen MR) is 128 cm³/mol. The van der Waals surface area contributed by atoms with Crippen molar-refractivity contribution < 1.29 is 0 Å². The number of fused-ring (bicyclic) bond motifs is 3. The van der Waals surface area contributed by atoms with E-state index in [1.165, 1.54) is 19.4 Å². The van der Waals surface area contributed by atoms with Gasteiger partial charge in [-0.15, -0.1) is 0 Å². The lowest BCUT2D eigenvalue weighted by molar-refractivity contribution is 0.0771. The number of rotatable bonds is 6. The van der Waals surface area contributed by atoms with Gasteiger partial charge in [0.05, 0.1) is 11.6 Å². The molecule has 3 aromatic rings. The second kappa shape index (κ2) is 8.31. The molecule has 5 heterocycles. The zero-order valence-corrected chi connectivity index (χ0v) is 19.0. The number of hydrogen-bond donors (Lipinski definition) is 3. The molecule has 6 rings (SSSR count). The average molecular weight is 443 g/mol. The highest BCUT2D eigenvalue weighted by Gasteiger charge is 2.43. The van der Waals surface area contributed by atoms with E-state index in [2.05, 4.69) is 42.9 Å². The lowest BCUT2D eigenvalue weighted by Crippen LogP contribution is -2.50. The Kier molecular flexibility index (Phi) is 5.14. The minimum atomic E-state index is 0.297. The number of hydrogen-bond acceptors (Lipinski definition) is 7. The van der Waals surface area contributed by atoms with Crippen molar-refractivity contribution in [3.63, 3.8) is 0 Å². The number of pyridine rings is 2. The molecule has 3 aromatic heterocycles. The normalized spacial score (nSPS) is 28.9. The van der Waals surface area contributed by atoms with Gasteiger partial charge in [0.2, 0.25) is 0 Å². The maximum Gasteiger partial charge on any atom is 0.153 e. The van der Waals surface area contributed by atoms with Crippen LogP contribution in [-0.2, 0) is 0 Å². The second-order valence-corrected chi connectivity index (χ2v) is 10.0. The first-order chi connectivity index (χ1) is 16.1. The summed E-state index contributed by atoms with van der Waals surface area (Å²) < 4.78 is 0. The minimum absolute atomic E-state index is 0.297. The number of H-pyrrole nitrogens is 1. The van der Waals surface area contributed by atoms with E-state index >= 15 is 0 Å². The SMILES string of the molecule is Cc1cc(Nc2cc3ncccc3c(NC3CC4CCC(C3)N4CC3CC(C#N)C3)n2)n[nH]1. The number of aryl methyl sites for hydroxylation is 1. The van der Waals surface area contributed by atoms with Crippen molar-refractivity contribution >= 4 is 28.4 Å². The first-order valence-electron chi connectivity index (χ1n) is 12.1. The Bertz CT molecular complexity index is 1180. The molecule has 3 aliphatic rings. The van der Waals surface area contributed by atoms with E-state index in [1.54, 1.807) is 0 Å². The summed E-state index contributed by atoms with van der Waals surface area (Å²) in [5.41, 5.74) is 1.92. The van der Waals surface area contributed by atoms with Crippen molar-refractivity contribution in [2.75, 3.05) is 17.2 Å². The van der Waals surface area contributed by atoms with E-state index in [-0.39, 0.29) is 0 Å². The van der Waals surface area contributed by atoms with Crippen LogP contribution in [0.4, 0.5) is 17.5 Å². The molecule has 0 aromatic carbocycles. The topological polar surface area (TPSA) is 106 Å². The molecule has 0 spiro atoms. The second-order valence-electron chi connectivity index (χ2n) is 10.0. The van der Waals surface area contributed by atoms with Gasteiger partial charge in [-0.25, -0.2) is 4.98 Å². The van der Waals surface area contributed by atoms with Crippen molar-refractivity contribution in [2.24, 2.45) is 11.8 Å². The summed E-state index contributed by atoms with van der Waals surface area (Å²) >= 11 is 0. The molecule has 2 unspecified atom stereocenters. The van der Waals surface area contributed by atoms with Gasteiger partial charge in [0, 0.05) is 60.0 Å². The molecule has 0 radical (unpaired) electrons. The molecule has 2 atom stereocenters. The van der Waals surface area contributed by atoms with Crippen molar-refractivity contribution in [3.8, 4) is 6.07 Å². The number of nitrogens with one attached hydrogen (secondary N) is 3. The number of nitriles is 1. The molecule has 170 valence electrons. The van der Waals surface area contributed by atoms with Crippen LogP contribution < -0.4 is 10.6 Å². The largest absolute Gasteiger partial charge is 0.367 e. The van der Waals surface area contributed by atoms with Gasteiger partial charge in [-0.2, -0.15) is 10.4 Å². The molecule has 2 aliphatic heterocycles. The molecule has 3 fully saturated rings. The Balaban J connectivity index is 1.18. The third-order valence-electron chi connectivity index (χ3n) is 7.67. The molecule has 8 heteroatoms. The number of aromatic nitrogens is 4. The van der Waals surface area contributed by atoms with Crippen LogP contribution in [0.1, 0.15) is 44.2 Å². The van der Waals surface area contributed by atoms with Crippen LogP contribution in [0.3, 0.4) is 0 Å². The zero-order chi connectivity index (χ0) is 22.4. The first kappa shape index (κ1) is 20.4. The fourth-order valence-electron chi connectivity index (χ4n) is 6.03. The summed E-state index contributed by atoms with van der Waals surface area (Å²) in [6, 6.07) is 12.1. The minimum Gasteiger partial charge on any atom is -0.367 e. The molecular formula is C25H30N8. The quantitative estimate of drug-likeness (QED) is 0.521. The smallest absolute Gasteiger partial charge is 0.153 e. The lowest BCUT2D eigenvalue weighted by Gasteiger charge is -2.43. The van der Waals surface area contributed by atoms with Crippen LogP contribution in [-0.4, -0.2) is 49.7 Å². The number of aromatic amines is 1. The van der Waals surface area contributed by atoms with Gasteiger partial charge >= 0.3 is 0 Å². The summed E-state index contributed by atoms with van der Waals surface area (Å²) in [4.78, 5) is 12.2. The highest BCUT2D eigenvalue weighted by atomic mass is 15.2. The molecule has 0 amide bonds. The van der Waals surface area contributed by atoms with Crippen LogP contribution in [0.15, 0.2) is 30.5 Å². The molecule has 1 aliphatic carbocycles. The van der Waals surface area contributed by atoms with Crippen LogP contribution >= 0.6 is 0 Å². The van der Waals surface area contributed by atoms with Crippen LogP contribution in [0.5, 0.6) is 0 Å². The van der Waals surface area contributed by atoms with Gasteiger partial charge in [-0.1, -0.05) is 0 Å². The summed E-state index contributed by atoms with van der Waals surface area (Å²) in [5.74, 6) is 3.40. The van der Waals surface area contributed by atoms with Crippen molar-refractivity contribution in [3.05, 3.63) is 36.2 Å². The number of anilines is 3. The highest BCUT2D eigenvalue weighted by Crippen LogP contribution is 2.41. The highest BCUT2D eigenvalue weighted by molar-refractivity contribution is 5.91. The van der Waals surface area contributed by atoms with E-state index in [9.17, 15) is 0 Å². The number of piperidine rings is 1. The van der Waals surface area contributed by atoms with E-state index in [1.807, 2.05) is 31.3 Å². The molecule has 3 N–H and O–H groups in total. The summed E-state index contributed by atoms with van der Waals surface area (Å²) in [6.07, 6.45) is 8.86. The summed E-state index contributed by atoms with van der Waals surface area (Å²) in [6.45, 7) is 3.15. The van der Waals surface area contributed by atoms with E-state index < -0.39 is 0 Å². The molecule has 2 saturated heterocycles. The van der Waals surface area contributed by atoms with Crippen LogP contribution in [0, 0.1) is 30.1 Å². The fourth-order valence-corrected chi connectivity index (χ4v) is 6.03. The summed E-state index contributed by atoms with van der Waals surface area (Å²) in [5, 5.41) is 24.5. The van der Waals surface area contributed by atoms with Gasteiger partial charge < -0.3 is 10.6 Å². The van der Waals surface area contributed by atoms with Gasteiger partial charge in [0.15, 0.2) is 5.82 Å².